The zero-order chi connectivity index (χ0) is 24.6. The minimum absolute atomic E-state index is 0. The summed E-state index contributed by atoms with van der Waals surface area (Å²) in [7, 11) is 8.67. The van der Waals surface area contributed by atoms with Gasteiger partial charge in [-0.3, -0.25) is 14.5 Å². The van der Waals surface area contributed by atoms with Crippen LogP contribution in [0, 0.1) is 5.41 Å². The number of hydrogen-bond donors (Lipinski definition) is 0. The number of ether oxygens (including phenoxy) is 2. The average Bonchev–Trinajstić information content (AvgIpc) is 3.24. The number of halogens is 1. The zero-order valence-corrected chi connectivity index (χ0v) is 22.8. The fraction of sp³-hybridized carbons (Fsp3) is 0.462. The molecule has 0 bridgehead atoms. The van der Waals surface area contributed by atoms with Gasteiger partial charge in [-0.25, -0.2) is 0 Å². The van der Waals surface area contributed by atoms with Gasteiger partial charge in [0.15, 0.2) is 11.5 Å². The lowest BCUT2D eigenvalue weighted by atomic mass is 9.80. The van der Waals surface area contributed by atoms with Crippen LogP contribution in [0.25, 0.3) is 21.2 Å². The van der Waals surface area contributed by atoms with Crippen molar-refractivity contribution >= 4 is 39.7 Å². The van der Waals surface area contributed by atoms with Crippen LogP contribution in [-0.2, 0) is 18.4 Å². The zero-order valence-electron chi connectivity index (χ0n) is 21.2. The number of pyridine rings is 1. The Labute approximate surface area is 216 Å². The molecule has 9 heteroatoms. The van der Waals surface area contributed by atoms with E-state index in [1.807, 2.05) is 44.6 Å². The molecule has 1 fully saturated rings. The predicted molar refractivity (Wildman–Crippen MR) is 144 cm³/mol. The lowest BCUT2D eigenvalue weighted by Gasteiger charge is -2.40. The third-order valence-corrected chi connectivity index (χ3v) is 7.83. The molecule has 35 heavy (non-hydrogen) atoms. The Kier molecular flexibility index (Phi) is 8.19. The van der Waals surface area contributed by atoms with Crippen LogP contribution in [0.3, 0.4) is 0 Å². The molecule has 0 saturated carbocycles. The first kappa shape index (κ1) is 27.0. The summed E-state index contributed by atoms with van der Waals surface area (Å²) in [5.74, 6) is 1.50. The van der Waals surface area contributed by atoms with Gasteiger partial charge in [-0.2, -0.15) is 0 Å². The van der Waals surface area contributed by atoms with Gasteiger partial charge in [0.25, 0.3) is 5.56 Å². The molecular formula is C26H34ClN3O4S. The fourth-order valence-electron chi connectivity index (χ4n) is 5.00. The first-order valence-corrected chi connectivity index (χ1v) is 12.3. The van der Waals surface area contributed by atoms with Crippen molar-refractivity contribution in [2.24, 2.45) is 12.5 Å². The normalized spacial score (nSPS) is 18.2. The second-order valence-corrected chi connectivity index (χ2v) is 10.7. The van der Waals surface area contributed by atoms with Gasteiger partial charge >= 0.3 is 0 Å². The number of aromatic nitrogens is 1. The molecule has 3 aromatic rings. The summed E-state index contributed by atoms with van der Waals surface area (Å²) in [5, 5.41) is 0.721. The summed E-state index contributed by atoms with van der Waals surface area (Å²) in [5.41, 5.74) is 1.57. The summed E-state index contributed by atoms with van der Waals surface area (Å²) in [6.07, 6.45) is 3.77. The van der Waals surface area contributed by atoms with E-state index in [1.54, 1.807) is 42.1 Å². The van der Waals surface area contributed by atoms with Crippen molar-refractivity contribution in [3.05, 3.63) is 45.7 Å². The van der Waals surface area contributed by atoms with E-state index in [0.717, 1.165) is 58.6 Å². The van der Waals surface area contributed by atoms with Crippen LogP contribution in [0.5, 0.6) is 11.5 Å². The van der Waals surface area contributed by atoms with Crippen LogP contribution in [0.4, 0.5) is 0 Å². The van der Waals surface area contributed by atoms with E-state index in [2.05, 4.69) is 11.8 Å². The van der Waals surface area contributed by atoms with Crippen LogP contribution in [0.15, 0.2) is 35.3 Å². The van der Waals surface area contributed by atoms with Crippen molar-refractivity contribution in [3.63, 3.8) is 0 Å². The number of aryl methyl sites for hydroxylation is 1. The number of methoxy groups -OCH3 is 2. The standard InChI is InChI=1S/C26H33N3O4S.ClH/c1-26(25(31)27(2)3)10-7-11-29(16-26)14-18-13-19-23(34-18)20(15-28(4)24(19)30)17-8-9-21(32-5)22(12-17)33-6;/h8-9,12-13,15H,7,10-11,14,16H2,1-6H3;1H. The Morgan fingerprint density at radius 2 is 1.89 bits per heavy atom. The quantitative estimate of drug-likeness (QED) is 0.483. The number of hydrogen-bond acceptors (Lipinski definition) is 6. The van der Waals surface area contributed by atoms with Gasteiger partial charge in [0.2, 0.25) is 5.91 Å². The first-order chi connectivity index (χ1) is 16.2. The predicted octanol–water partition coefficient (Wildman–Crippen LogP) is 4.40. The van der Waals surface area contributed by atoms with E-state index in [9.17, 15) is 9.59 Å². The highest BCUT2D eigenvalue weighted by atomic mass is 35.5. The number of fused-ring (bicyclic) bond motifs is 1. The molecule has 0 spiro atoms. The Balaban J connectivity index is 0.00000342. The van der Waals surface area contributed by atoms with Gasteiger partial charge in [0, 0.05) is 55.6 Å². The summed E-state index contributed by atoms with van der Waals surface area (Å²) in [6.45, 7) is 4.46. The molecule has 0 N–H and O–H groups in total. The SMILES string of the molecule is COc1ccc(-c2cn(C)c(=O)c3cc(CN4CCCC(C)(C(=O)N(C)C)C4)sc23)cc1OC.Cl. The minimum Gasteiger partial charge on any atom is -0.493 e. The van der Waals surface area contributed by atoms with Gasteiger partial charge in [-0.15, -0.1) is 23.7 Å². The third kappa shape index (κ3) is 5.20. The van der Waals surface area contributed by atoms with E-state index >= 15 is 0 Å². The lowest BCUT2D eigenvalue weighted by Crippen LogP contribution is -2.49. The Morgan fingerprint density at radius 3 is 2.54 bits per heavy atom. The number of nitrogens with zero attached hydrogens (tertiary/aromatic N) is 3. The Bertz CT molecular complexity index is 1290. The maximum absolute atomic E-state index is 13.0. The molecule has 1 saturated heterocycles. The molecule has 1 aromatic carbocycles. The second kappa shape index (κ2) is 10.6. The molecule has 0 radical (unpaired) electrons. The van der Waals surface area contributed by atoms with E-state index in [-0.39, 0.29) is 29.3 Å². The van der Waals surface area contributed by atoms with Crippen molar-refractivity contribution in [1.29, 1.82) is 0 Å². The first-order valence-electron chi connectivity index (χ1n) is 11.5. The topological polar surface area (TPSA) is 64.0 Å². The maximum Gasteiger partial charge on any atom is 0.259 e. The molecule has 1 aliphatic rings. The van der Waals surface area contributed by atoms with Crippen molar-refractivity contribution in [3.8, 4) is 22.6 Å². The maximum atomic E-state index is 13.0. The van der Waals surface area contributed by atoms with E-state index in [1.165, 1.54) is 0 Å². The van der Waals surface area contributed by atoms with Crippen molar-refractivity contribution in [2.45, 2.75) is 26.3 Å². The molecule has 4 rings (SSSR count). The Morgan fingerprint density at radius 1 is 1.17 bits per heavy atom. The molecule has 7 nitrogen and oxygen atoms in total. The number of rotatable bonds is 6. The molecular weight excluding hydrogens is 486 g/mol. The number of benzene rings is 1. The van der Waals surface area contributed by atoms with Crippen LogP contribution in [0.1, 0.15) is 24.6 Å². The van der Waals surface area contributed by atoms with Gasteiger partial charge < -0.3 is 18.9 Å². The lowest BCUT2D eigenvalue weighted by molar-refractivity contribution is -0.141. The molecule has 3 heterocycles. The third-order valence-electron chi connectivity index (χ3n) is 6.67. The molecule has 1 unspecified atom stereocenters. The number of carbonyl (C=O) groups is 1. The van der Waals surface area contributed by atoms with Crippen LogP contribution in [0.2, 0.25) is 0 Å². The fourth-order valence-corrected chi connectivity index (χ4v) is 6.23. The summed E-state index contributed by atoms with van der Waals surface area (Å²) in [4.78, 5) is 30.9. The number of carbonyl (C=O) groups excluding carboxylic acids is 1. The summed E-state index contributed by atoms with van der Waals surface area (Å²) in [6, 6.07) is 7.84. The molecule has 190 valence electrons. The molecule has 2 aromatic heterocycles. The number of amides is 1. The number of thiophene rings is 1. The van der Waals surface area contributed by atoms with Gasteiger partial charge in [-0.1, -0.05) is 6.07 Å². The molecule has 1 aliphatic heterocycles. The number of piperidine rings is 1. The second-order valence-electron chi connectivity index (χ2n) is 9.56. The van der Waals surface area contributed by atoms with Gasteiger partial charge in [0.05, 0.1) is 25.0 Å². The van der Waals surface area contributed by atoms with Gasteiger partial charge in [-0.05, 0) is 50.1 Å². The highest BCUT2D eigenvalue weighted by Crippen LogP contribution is 2.38. The van der Waals surface area contributed by atoms with Crippen molar-refractivity contribution < 1.29 is 14.3 Å². The highest BCUT2D eigenvalue weighted by Gasteiger charge is 2.38. The van der Waals surface area contributed by atoms with Crippen LogP contribution < -0.4 is 15.0 Å². The van der Waals surface area contributed by atoms with Crippen molar-refractivity contribution in [2.75, 3.05) is 41.4 Å². The monoisotopic (exact) mass is 519 g/mol. The summed E-state index contributed by atoms with van der Waals surface area (Å²) >= 11 is 1.65. The van der Waals surface area contributed by atoms with Crippen LogP contribution in [-0.4, -0.2) is 61.7 Å². The minimum atomic E-state index is -0.376. The molecule has 0 aliphatic carbocycles. The van der Waals surface area contributed by atoms with E-state index in [4.69, 9.17) is 9.47 Å². The largest absolute Gasteiger partial charge is 0.493 e. The average molecular weight is 520 g/mol. The van der Waals surface area contributed by atoms with Crippen LogP contribution >= 0.6 is 23.7 Å². The Hall–Kier alpha value is -2.55. The molecule has 1 amide bonds. The summed E-state index contributed by atoms with van der Waals surface area (Å²) < 4.78 is 13.5. The smallest absolute Gasteiger partial charge is 0.259 e. The van der Waals surface area contributed by atoms with E-state index < -0.39 is 0 Å². The van der Waals surface area contributed by atoms with Gasteiger partial charge in [0.1, 0.15) is 0 Å². The molecule has 1 atom stereocenters. The number of likely N-dealkylation sites (tertiary alicyclic amines) is 1. The van der Waals surface area contributed by atoms with Crippen molar-refractivity contribution in [1.82, 2.24) is 14.4 Å². The van der Waals surface area contributed by atoms with E-state index in [0.29, 0.717) is 11.5 Å². The highest BCUT2D eigenvalue weighted by molar-refractivity contribution is 7.19.